The third-order valence-corrected chi connectivity index (χ3v) is 5.62. The molecule has 24 heavy (non-hydrogen) atoms. The van der Waals surface area contributed by atoms with Crippen LogP contribution in [-0.2, 0) is 13.0 Å². The summed E-state index contributed by atoms with van der Waals surface area (Å²) in [7, 11) is 0. The van der Waals surface area contributed by atoms with Crippen LogP contribution in [0.2, 0.25) is 0 Å². The molecule has 3 nitrogen and oxygen atoms in total. The van der Waals surface area contributed by atoms with E-state index in [0.717, 1.165) is 34.1 Å². The molecule has 2 heterocycles. The Morgan fingerprint density at radius 2 is 1.75 bits per heavy atom. The summed E-state index contributed by atoms with van der Waals surface area (Å²) in [5.74, 6) is 0.0988. The van der Waals surface area contributed by atoms with Gasteiger partial charge in [-0.25, -0.2) is 4.98 Å². The molecule has 0 saturated carbocycles. The maximum atomic E-state index is 13.0. The van der Waals surface area contributed by atoms with Crippen LogP contribution in [0.25, 0.3) is 10.6 Å². The minimum atomic E-state index is 0.0988. The lowest BCUT2D eigenvalue weighted by atomic mass is 10.00. The van der Waals surface area contributed by atoms with E-state index in [9.17, 15) is 4.79 Å². The van der Waals surface area contributed by atoms with Crippen molar-refractivity contribution in [3.8, 4) is 10.6 Å². The van der Waals surface area contributed by atoms with Gasteiger partial charge in [0.05, 0.1) is 5.69 Å². The Balaban J connectivity index is 1.61. The second kappa shape index (κ2) is 6.21. The Hall–Kier alpha value is -2.46. The van der Waals surface area contributed by atoms with Crippen molar-refractivity contribution in [2.75, 3.05) is 6.54 Å². The average Bonchev–Trinajstić information content (AvgIpc) is 3.03. The van der Waals surface area contributed by atoms with Crippen LogP contribution in [0.15, 0.2) is 54.6 Å². The fraction of sp³-hybridized carbons (Fsp3) is 0.200. The number of aryl methyl sites for hydroxylation is 1. The SMILES string of the molecule is Cc1nc(-c2ccccc2)sc1C(=O)N1CCc2ccccc2C1. The van der Waals surface area contributed by atoms with Gasteiger partial charge in [-0.3, -0.25) is 4.79 Å². The molecule has 1 amide bonds. The van der Waals surface area contributed by atoms with E-state index in [4.69, 9.17) is 0 Å². The molecule has 0 saturated heterocycles. The minimum Gasteiger partial charge on any atom is -0.333 e. The van der Waals surface area contributed by atoms with Gasteiger partial charge in [0.2, 0.25) is 0 Å². The molecule has 4 rings (SSSR count). The van der Waals surface area contributed by atoms with Gasteiger partial charge in [-0.05, 0) is 24.5 Å². The predicted molar refractivity (Wildman–Crippen MR) is 97.2 cm³/mol. The number of amides is 1. The van der Waals surface area contributed by atoms with Gasteiger partial charge in [-0.15, -0.1) is 11.3 Å². The molecule has 0 N–H and O–H groups in total. The van der Waals surface area contributed by atoms with Gasteiger partial charge in [0.1, 0.15) is 9.88 Å². The first kappa shape index (κ1) is 15.1. The number of aromatic nitrogens is 1. The van der Waals surface area contributed by atoms with Crippen molar-refractivity contribution in [1.82, 2.24) is 9.88 Å². The largest absolute Gasteiger partial charge is 0.333 e. The summed E-state index contributed by atoms with van der Waals surface area (Å²) in [6.45, 7) is 3.38. The summed E-state index contributed by atoms with van der Waals surface area (Å²) in [5, 5.41) is 0.911. The Morgan fingerprint density at radius 1 is 1.04 bits per heavy atom. The molecule has 0 atom stereocenters. The molecule has 0 aliphatic carbocycles. The van der Waals surface area contributed by atoms with Crippen LogP contribution in [-0.4, -0.2) is 22.3 Å². The number of benzene rings is 2. The fourth-order valence-electron chi connectivity index (χ4n) is 3.11. The summed E-state index contributed by atoms with van der Waals surface area (Å²) < 4.78 is 0. The maximum Gasteiger partial charge on any atom is 0.266 e. The number of nitrogens with zero attached hydrogens (tertiary/aromatic N) is 2. The zero-order chi connectivity index (χ0) is 16.5. The lowest BCUT2D eigenvalue weighted by Gasteiger charge is -2.28. The van der Waals surface area contributed by atoms with E-state index in [2.05, 4.69) is 23.2 Å². The Labute approximate surface area is 145 Å². The van der Waals surface area contributed by atoms with E-state index >= 15 is 0 Å². The zero-order valence-corrected chi connectivity index (χ0v) is 14.3. The van der Waals surface area contributed by atoms with E-state index in [1.54, 1.807) is 0 Å². The van der Waals surface area contributed by atoms with Gasteiger partial charge in [-0.2, -0.15) is 0 Å². The summed E-state index contributed by atoms with van der Waals surface area (Å²) in [4.78, 5) is 20.3. The van der Waals surface area contributed by atoms with Crippen LogP contribution < -0.4 is 0 Å². The molecule has 0 bridgehead atoms. The highest BCUT2D eigenvalue weighted by atomic mass is 32.1. The van der Waals surface area contributed by atoms with E-state index in [1.807, 2.05) is 48.2 Å². The van der Waals surface area contributed by atoms with Gasteiger partial charge < -0.3 is 4.90 Å². The molecule has 1 aliphatic rings. The third-order valence-electron chi connectivity index (χ3n) is 4.43. The van der Waals surface area contributed by atoms with Crippen molar-refractivity contribution in [2.24, 2.45) is 0 Å². The first-order chi connectivity index (χ1) is 11.7. The van der Waals surface area contributed by atoms with Crippen LogP contribution in [0.1, 0.15) is 26.5 Å². The molecule has 2 aromatic carbocycles. The maximum absolute atomic E-state index is 13.0. The van der Waals surface area contributed by atoms with Crippen LogP contribution in [0, 0.1) is 6.92 Å². The second-order valence-corrected chi connectivity index (χ2v) is 7.04. The molecule has 3 aromatic rings. The van der Waals surface area contributed by atoms with E-state index in [1.165, 1.54) is 22.5 Å². The lowest BCUT2D eigenvalue weighted by molar-refractivity contribution is 0.0738. The van der Waals surface area contributed by atoms with E-state index in [-0.39, 0.29) is 5.91 Å². The quantitative estimate of drug-likeness (QED) is 0.699. The van der Waals surface area contributed by atoms with Crippen molar-refractivity contribution in [2.45, 2.75) is 19.9 Å². The first-order valence-electron chi connectivity index (χ1n) is 8.11. The van der Waals surface area contributed by atoms with Crippen molar-refractivity contribution >= 4 is 17.2 Å². The molecular weight excluding hydrogens is 316 g/mol. The number of hydrogen-bond acceptors (Lipinski definition) is 3. The monoisotopic (exact) mass is 334 g/mol. The third kappa shape index (κ3) is 2.74. The number of thiazole rings is 1. The first-order valence-corrected chi connectivity index (χ1v) is 8.93. The Bertz CT molecular complexity index is 886. The lowest BCUT2D eigenvalue weighted by Crippen LogP contribution is -2.35. The van der Waals surface area contributed by atoms with Gasteiger partial charge in [0, 0.05) is 18.7 Å². The molecule has 0 spiro atoms. The number of carbonyl (C=O) groups excluding carboxylic acids is 1. The van der Waals surface area contributed by atoms with Gasteiger partial charge in [0.25, 0.3) is 5.91 Å². The summed E-state index contributed by atoms with van der Waals surface area (Å²) in [5.41, 5.74) is 4.49. The highest BCUT2D eigenvalue weighted by Gasteiger charge is 2.25. The Kier molecular flexibility index (Phi) is 3.90. The summed E-state index contributed by atoms with van der Waals surface area (Å²) in [6.07, 6.45) is 0.922. The molecule has 0 unspecified atom stereocenters. The van der Waals surface area contributed by atoms with Crippen LogP contribution in [0.3, 0.4) is 0 Å². The number of carbonyl (C=O) groups is 1. The van der Waals surface area contributed by atoms with E-state index < -0.39 is 0 Å². The minimum absolute atomic E-state index is 0.0988. The Morgan fingerprint density at radius 3 is 2.54 bits per heavy atom. The van der Waals surface area contributed by atoms with Gasteiger partial charge >= 0.3 is 0 Å². The highest BCUT2D eigenvalue weighted by molar-refractivity contribution is 7.17. The predicted octanol–water partition coefficient (Wildman–Crippen LogP) is 4.32. The average molecular weight is 334 g/mol. The molecule has 1 aliphatic heterocycles. The van der Waals surface area contributed by atoms with Crippen LogP contribution in [0.5, 0.6) is 0 Å². The summed E-state index contributed by atoms with van der Waals surface area (Å²) in [6, 6.07) is 18.4. The van der Waals surface area contributed by atoms with Crippen LogP contribution in [0.4, 0.5) is 0 Å². The number of hydrogen-bond donors (Lipinski definition) is 0. The molecule has 120 valence electrons. The second-order valence-electron chi connectivity index (χ2n) is 6.04. The fourth-order valence-corrected chi connectivity index (χ4v) is 4.15. The van der Waals surface area contributed by atoms with Crippen molar-refractivity contribution < 1.29 is 4.79 Å². The topological polar surface area (TPSA) is 33.2 Å². The standard InChI is InChI=1S/C20H18N2OS/c1-14-18(24-19(21-14)16-8-3-2-4-9-16)20(23)22-12-11-15-7-5-6-10-17(15)13-22/h2-10H,11-13H2,1H3. The number of fused-ring (bicyclic) bond motifs is 1. The van der Waals surface area contributed by atoms with Crippen molar-refractivity contribution in [3.05, 3.63) is 76.3 Å². The molecule has 4 heteroatoms. The summed E-state index contributed by atoms with van der Waals surface area (Å²) >= 11 is 1.49. The zero-order valence-electron chi connectivity index (χ0n) is 13.5. The van der Waals surface area contributed by atoms with Gasteiger partial charge in [-0.1, -0.05) is 54.6 Å². The smallest absolute Gasteiger partial charge is 0.266 e. The van der Waals surface area contributed by atoms with Gasteiger partial charge in [0.15, 0.2) is 0 Å². The molecule has 0 radical (unpaired) electrons. The van der Waals surface area contributed by atoms with Crippen LogP contribution >= 0.6 is 11.3 Å². The van der Waals surface area contributed by atoms with E-state index in [0.29, 0.717) is 6.54 Å². The normalized spacial score (nSPS) is 13.6. The van der Waals surface area contributed by atoms with Crippen molar-refractivity contribution in [3.63, 3.8) is 0 Å². The molecular formula is C20H18N2OS. The van der Waals surface area contributed by atoms with Crippen molar-refractivity contribution in [1.29, 1.82) is 0 Å². The molecule has 1 aromatic heterocycles. The number of rotatable bonds is 2. The molecule has 0 fully saturated rings. The highest BCUT2D eigenvalue weighted by Crippen LogP contribution is 2.30.